The number of phenols is 1. The first-order valence-corrected chi connectivity index (χ1v) is 8.57. The molecule has 1 heterocycles. The average Bonchev–Trinajstić information content (AvgIpc) is 2.76. The molecule has 0 unspecified atom stereocenters. The highest BCUT2D eigenvalue weighted by Gasteiger charge is 2.33. The van der Waals surface area contributed by atoms with Gasteiger partial charge in [0.25, 0.3) is 0 Å². The molecule has 1 aliphatic rings. The van der Waals surface area contributed by atoms with Crippen molar-refractivity contribution in [1.82, 2.24) is 0 Å². The van der Waals surface area contributed by atoms with Crippen molar-refractivity contribution in [2.45, 2.75) is 20.1 Å². The highest BCUT2D eigenvalue weighted by molar-refractivity contribution is 6.14. The van der Waals surface area contributed by atoms with E-state index in [0.29, 0.717) is 11.3 Å². The smallest absolute Gasteiger partial charge is 0.331 e. The van der Waals surface area contributed by atoms with Gasteiger partial charge in [-0.25, -0.2) is 4.79 Å². The van der Waals surface area contributed by atoms with Gasteiger partial charge in [-0.05, 0) is 43.7 Å². The maximum Gasteiger partial charge on any atom is 0.331 e. The molecule has 7 heteroatoms. The first kappa shape index (κ1) is 19.4. The Morgan fingerprint density at radius 1 is 1.32 bits per heavy atom. The Morgan fingerprint density at radius 2 is 2.07 bits per heavy atom. The Bertz CT molecular complexity index is 975. The van der Waals surface area contributed by atoms with E-state index in [4.69, 9.17) is 19.3 Å². The number of methoxy groups -OCH3 is 1. The molecule has 1 aliphatic heterocycles. The zero-order valence-corrected chi connectivity index (χ0v) is 15.7. The van der Waals surface area contributed by atoms with Crippen molar-refractivity contribution in [1.29, 1.82) is 0 Å². The Labute approximate surface area is 161 Å². The van der Waals surface area contributed by atoms with E-state index in [9.17, 15) is 14.7 Å². The third kappa shape index (κ3) is 3.57. The van der Waals surface area contributed by atoms with Crippen LogP contribution in [-0.2, 0) is 9.53 Å². The summed E-state index contributed by atoms with van der Waals surface area (Å²) in [5.41, 5.74) is 1.59. The fraction of sp³-hybridized carbons (Fsp3) is 0.238. The molecule has 2 aromatic rings. The topological polar surface area (TPSA) is 102 Å². The van der Waals surface area contributed by atoms with Crippen LogP contribution in [0.25, 0.3) is 0 Å². The van der Waals surface area contributed by atoms with Crippen LogP contribution < -0.4 is 9.47 Å². The first-order valence-electron chi connectivity index (χ1n) is 8.57. The number of fused-ring (bicyclic) bond motifs is 2. The van der Waals surface area contributed by atoms with Gasteiger partial charge in [-0.15, -0.1) is 0 Å². The molecule has 7 nitrogen and oxygen atoms in total. The number of aliphatic carboxylic acids is 1. The summed E-state index contributed by atoms with van der Waals surface area (Å²) >= 11 is 0. The van der Waals surface area contributed by atoms with Gasteiger partial charge in [-0.3, -0.25) is 4.79 Å². The molecule has 0 radical (unpaired) electrons. The molecule has 2 N–H and O–H groups in total. The highest BCUT2D eigenvalue weighted by atomic mass is 16.7. The van der Waals surface area contributed by atoms with E-state index in [0.717, 1.165) is 5.56 Å². The molecule has 0 spiro atoms. The third-order valence-corrected chi connectivity index (χ3v) is 4.41. The summed E-state index contributed by atoms with van der Waals surface area (Å²) in [6, 6.07) is 8.04. The van der Waals surface area contributed by atoms with Crippen molar-refractivity contribution in [3.8, 4) is 17.2 Å². The largest absolute Gasteiger partial charge is 0.507 e. The van der Waals surface area contributed by atoms with Crippen LogP contribution in [0.2, 0.25) is 0 Å². The number of hydrogen-bond acceptors (Lipinski definition) is 6. The standard InChI is InChI=1S/C21H20O7/c1-11-9-14(22)18-16(10-11)28-21(26-3)17-13(19(18)23)5-4-6-15(17)27-8-7-12(2)20(24)25/h4-7,9-10,21-22H,8H2,1-3H3,(H,24,25)/b12-7+/t21-/m0/s1. The summed E-state index contributed by atoms with van der Waals surface area (Å²) in [6.45, 7) is 3.24. The minimum absolute atomic E-state index is 0.00345. The lowest BCUT2D eigenvalue weighted by molar-refractivity contribution is -0.132. The quantitative estimate of drug-likeness (QED) is 0.762. The van der Waals surface area contributed by atoms with E-state index >= 15 is 0 Å². The Balaban J connectivity index is 2.07. The third-order valence-electron chi connectivity index (χ3n) is 4.41. The van der Waals surface area contributed by atoms with E-state index in [1.807, 2.05) is 0 Å². The van der Waals surface area contributed by atoms with E-state index in [-0.39, 0.29) is 34.8 Å². The molecule has 0 saturated heterocycles. The number of ether oxygens (including phenoxy) is 3. The number of carboxylic acids is 1. The molecule has 0 amide bonds. The number of phenolic OH excluding ortho intramolecular Hbond substituents is 1. The van der Waals surface area contributed by atoms with Crippen molar-refractivity contribution in [3.05, 3.63) is 64.2 Å². The molecule has 0 aliphatic carbocycles. The molecule has 3 rings (SSSR count). The number of ketones is 1. The van der Waals surface area contributed by atoms with Crippen molar-refractivity contribution in [3.63, 3.8) is 0 Å². The van der Waals surface area contributed by atoms with Crippen molar-refractivity contribution in [2.75, 3.05) is 13.7 Å². The normalized spacial score (nSPS) is 15.9. The van der Waals surface area contributed by atoms with Crippen LogP contribution in [0.5, 0.6) is 17.2 Å². The predicted molar refractivity (Wildman–Crippen MR) is 100.0 cm³/mol. The van der Waals surface area contributed by atoms with Gasteiger partial charge in [0.1, 0.15) is 29.4 Å². The van der Waals surface area contributed by atoms with Crippen LogP contribution in [0.4, 0.5) is 0 Å². The molecule has 2 aromatic carbocycles. The summed E-state index contributed by atoms with van der Waals surface area (Å²) in [7, 11) is 1.44. The van der Waals surface area contributed by atoms with Gasteiger partial charge in [0.15, 0.2) is 0 Å². The second-order valence-electron chi connectivity index (χ2n) is 6.39. The van der Waals surface area contributed by atoms with E-state index in [2.05, 4.69) is 0 Å². The van der Waals surface area contributed by atoms with Gasteiger partial charge in [0, 0.05) is 18.2 Å². The number of aromatic hydroxyl groups is 1. The number of carbonyl (C=O) groups is 2. The molecule has 0 aromatic heterocycles. The fourth-order valence-electron chi connectivity index (χ4n) is 2.99. The fourth-order valence-corrected chi connectivity index (χ4v) is 2.99. The van der Waals surface area contributed by atoms with Crippen LogP contribution in [0, 0.1) is 6.92 Å². The minimum atomic E-state index is -1.04. The van der Waals surface area contributed by atoms with Crippen LogP contribution in [0.1, 0.15) is 40.3 Å². The van der Waals surface area contributed by atoms with Gasteiger partial charge >= 0.3 is 5.97 Å². The van der Waals surface area contributed by atoms with Gasteiger partial charge < -0.3 is 24.4 Å². The van der Waals surface area contributed by atoms with Crippen molar-refractivity contribution < 1.29 is 34.0 Å². The number of carbonyl (C=O) groups excluding carboxylic acids is 1. The molecule has 0 bridgehead atoms. The monoisotopic (exact) mass is 384 g/mol. The van der Waals surface area contributed by atoms with Gasteiger partial charge in [0.2, 0.25) is 12.1 Å². The van der Waals surface area contributed by atoms with Crippen LogP contribution in [-0.4, -0.2) is 35.7 Å². The predicted octanol–water partition coefficient (Wildman–Crippen LogP) is 3.38. The molecule has 28 heavy (non-hydrogen) atoms. The van der Waals surface area contributed by atoms with Gasteiger partial charge in [-0.2, -0.15) is 0 Å². The summed E-state index contributed by atoms with van der Waals surface area (Å²) in [4.78, 5) is 24.0. The summed E-state index contributed by atoms with van der Waals surface area (Å²) in [5, 5.41) is 19.2. The molecule has 0 saturated carbocycles. The summed E-state index contributed by atoms with van der Waals surface area (Å²) in [6.07, 6.45) is 0.481. The Morgan fingerprint density at radius 3 is 2.75 bits per heavy atom. The lowest BCUT2D eigenvalue weighted by Crippen LogP contribution is -2.13. The highest BCUT2D eigenvalue weighted by Crippen LogP contribution is 2.42. The lowest BCUT2D eigenvalue weighted by Gasteiger charge is -2.20. The van der Waals surface area contributed by atoms with Gasteiger partial charge in [-0.1, -0.05) is 12.1 Å². The molecule has 146 valence electrons. The number of rotatable bonds is 5. The van der Waals surface area contributed by atoms with E-state index in [1.165, 1.54) is 26.2 Å². The second-order valence-corrected chi connectivity index (χ2v) is 6.39. The molecule has 1 atom stereocenters. The van der Waals surface area contributed by atoms with Crippen molar-refractivity contribution >= 4 is 11.8 Å². The summed E-state index contributed by atoms with van der Waals surface area (Å²) in [5.74, 6) is -1.07. The van der Waals surface area contributed by atoms with Crippen LogP contribution in [0.15, 0.2) is 42.0 Å². The minimum Gasteiger partial charge on any atom is -0.507 e. The number of aryl methyl sites for hydroxylation is 1. The number of benzene rings is 2. The Hall–Kier alpha value is -3.32. The van der Waals surface area contributed by atoms with E-state index < -0.39 is 18.0 Å². The average molecular weight is 384 g/mol. The lowest BCUT2D eigenvalue weighted by atomic mass is 9.96. The number of carboxylic acid groups (broad SMARTS) is 1. The zero-order chi connectivity index (χ0) is 20.4. The van der Waals surface area contributed by atoms with Crippen LogP contribution >= 0.6 is 0 Å². The molecular weight excluding hydrogens is 364 g/mol. The SMILES string of the molecule is CO[C@H]1Oc2cc(C)cc(O)c2C(=O)c2cccc(OC/C=C(\C)C(=O)O)c21. The molecular formula is C21H20O7. The maximum atomic E-state index is 13.1. The zero-order valence-electron chi connectivity index (χ0n) is 15.7. The Kier molecular flexibility index (Phi) is 5.37. The van der Waals surface area contributed by atoms with Crippen molar-refractivity contribution in [2.24, 2.45) is 0 Å². The summed E-state index contributed by atoms with van der Waals surface area (Å²) < 4.78 is 17.0. The van der Waals surface area contributed by atoms with Gasteiger partial charge in [0.05, 0.1) is 5.56 Å². The first-order chi connectivity index (χ1) is 13.3. The van der Waals surface area contributed by atoms with Crippen LogP contribution in [0.3, 0.4) is 0 Å². The van der Waals surface area contributed by atoms with E-state index in [1.54, 1.807) is 31.2 Å². The second kappa shape index (κ2) is 7.74. The maximum absolute atomic E-state index is 13.1. The molecule has 0 fully saturated rings. The number of hydrogen-bond donors (Lipinski definition) is 2.